The summed E-state index contributed by atoms with van der Waals surface area (Å²) in [6.07, 6.45) is 3.37. The summed E-state index contributed by atoms with van der Waals surface area (Å²) in [5, 5.41) is 0.955. The van der Waals surface area contributed by atoms with Gasteiger partial charge in [-0.2, -0.15) is 0 Å². The van der Waals surface area contributed by atoms with Crippen molar-refractivity contribution in [3.05, 3.63) is 57.7 Å². The standard InChI is InChI=1S/C14H8IN3/c15-12-4-2-1-3-10(12)5-6-13-11-7-8-16-14(11)18-9-17-13/h1-4,7-9H,(H,16,17,18). The molecule has 3 rings (SSSR count). The maximum absolute atomic E-state index is 4.22. The van der Waals surface area contributed by atoms with Crippen molar-refractivity contribution in [2.45, 2.75) is 0 Å². The first-order valence-electron chi connectivity index (χ1n) is 5.39. The highest BCUT2D eigenvalue weighted by atomic mass is 127. The number of aromatic nitrogens is 3. The van der Waals surface area contributed by atoms with E-state index in [0.717, 1.165) is 25.9 Å². The van der Waals surface area contributed by atoms with Crippen LogP contribution in [-0.2, 0) is 0 Å². The molecule has 0 aliphatic carbocycles. The van der Waals surface area contributed by atoms with E-state index in [9.17, 15) is 0 Å². The molecule has 0 aliphatic rings. The summed E-state index contributed by atoms with van der Waals surface area (Å²) in [6.45, 7) is 0. The molecule has 86 valence electrons. The number of hydrogen-bond donors (Lipinski definition) is 1. The van der Waals surface area contributed by atoms with E-state index in [2.05, 4.69) is 49.4 Å². The molecule has 0 unspecified atom stereocenters. The summed E-state index contributed by atoms with van der Waals surface area (Å²) >= 11 is 2.28. The molecule has 1 aromatic carbocycles. The third-order valence-electron chi connectivity index (χ3n) is 2.54. The van der Waals surface area contributed by atoms with Crippen LogP contribution in [0.2, 0.25) is 0 Å². The zero-order valence-electron chi connectivity index (χ0n) is 9.31. The molecule has 0 bridgehead atoms. The quantitative estimate of drug-likeness (QED) is 0.503. The lowest BCUT2D eigenvalue weighted by Crippen LogP contribution is -1.87. The monoisotopic (exact) mass is 345 g/mol. The maximum atomic E-state index is 4.22. The highest BCUT2D eigenvalue weighted by molar-refractivity contribution is 14.1. The van der Waals surface area contributed by atoms with Crippen molar-refractivity contribution in [2.75, 3.05) is 0 Å². The van der Waals surface area contributed by atoms with Gasteiger partial charge in [0.2, 0.25) is 0 Å². The third kappa shape index (κ3) is 2.09. The van der Waals surface area contributed by atoms with Crippen LogP contribution in [0.4, 0.5) is 0 Å². The van der Waals surface area contributed by atoms with Crippen molar-refractivity contribution >= 4 is 33.6 Å². The molecule has 3 aromatic rings. The summed E-state index contributed by atoms with van der Waals surface area (Å²) in [5.74, 6) is 6.25. The fourth-order valence-electron chi connectivity index (χ4n) is 1.66. The Bertz CT molecular complexity index is 765. The summed E-state index contributed by atoms with van der Waals surface area (Å²) in [6, 6.07) is 9.97. The van der Waals surface area contributed by atoms with Crippen LogP contribution < -0.4 is 0 Å². The molecular weight excluding hydrogens is 337 g/mol. The molecule has 0 saturated carbocycles. The highest BCUT2D eigenvalue weighted by Crippen LogP contribution is 2.13. The Kier molecular flexibility index (Phi) is 2.99. The molecule has 0 aliphatic heterocycles. The Labute approximate surface area is 118 Å². The molecule has 0 spiro atoms. The number of hydrogen-bond acceptors (Lipinski definition) is 2. The molecule has 2 heterocycles. The van der Waals surface area contributed by atoms with Gasteiger partial charge in [0.1, 0.15) is 17.7 Å². The van der Waals surface area contributed by atoms with Gasteiger partial charge in [0.15, 0.2) is 0 Å². The van der Waals surface area contributed by atoms with Gasteiger partial charge >= 0.3 is 0 Å². The van der Waals surface area contributed by atoms with Gasteiger partial charge in [0, 0.05) is 15.3 Å². The van der Waals surface area contributed by atoms with E-state index in [1.807, 2.05) is 36.5 Å². The number of nitrogens with one attached hydrogen (secondary N) is 1. The Morgan fingerprint density at radius 1 is 1.06 bits per heavy atom. The zero-order chi connectivity index (χ0) is 12.4. The lowest BCUT2D eigenvalue weighted by atomic mass is 10.2. The fourth-order valence-corrected chi connectivity index (χ4v) is 2.18. The van der Waals surface area contributed by atoms with Gasteiger partial charge in [-0.15, -0.1) is 0 Å². The molecule has 1 N–H and O–H groups in total. The summed E-state index contributed by atoms with van der Waals surface area (Å²) in [4.78, 5) is 11.4. The Morgan fingerprint density at radius 2 is 1.94 bits per heavy atom. The zero-order valence-corrected chi connectivity index (χ0v) is 11.5. The van der Waals surface area contributed by atoms with Gasteiger partial charge in [-0.25, -0.2) is 9.97 Å². The lowest BCUT2D eigenvalue weighted by molar-refractivity contribution is 1.18. The van der Waals surface area contributed by atoms with Crippen LogP contribution in [0.15, 0.2) is 42.9 Å². The van der Waals surface area contributed by atoms with Crippen molar-refractivity contribution in [3.8, 4) is 11.8 Å². The van der Waals surface area contributed by atoms with Gasteiger partial charge < -0.3 is 4.98 Å². The van der Waals surface area contributed by atoms with Crippen LogP contribution in [0, 0.1) is 15.4 Å². The first-order chi connectivity index (χ1) is 8.84. The minimum Gasteiger partial charge on any atom is -0.346 e. The minimum absolute atomic E-state index is 0.751. The van der Waals surface area contributed by atoms with Crippen LogP contribution in [0.5, 0.6) is 0 Å². The number of rotatable bonds is 0. The van der Waals surface area contributed by atoms with Crippen molar-refractivity contribution in [2.24, 2.45) is 0 Å². The minimum atomic E-state index is 0.751. The topological polar surface area (TPSA) is 41.6 Å². The van der Waals surface area contributed by atoms with Crippen LogP contribution >= 0.6 is 22.6 Å². The molecule has 0 fully saturated rings. The Hall–Kier alpha value is -1.87. The van der Waals surface area contributed by atoms with Gasteiger partial charge in [0.25, 0.3) is 0 Å². The molecule has 0 amide bonds. The second-order valence-corrected chi connectivity index (χ2v) is 4.85. The summed E-state index contributed by atoms with van der Waals surface area (Å²) in [5.41, 5.74) is 2.58. The second kappa shape index (κ2) is 4.78. The summed E-state index contributed by atoms with van der Waals surface area (Å²) < 4.78 is 1.14. The molecule has 4 heteroatoms. The van der Waals surface area contributed by atoms with E-state index in [1.54, 1.807) is 0 Å². The molecule has 3 nitrogen and oxygen atoms in total. The predicted octanol–water partition coefficient (Wildman–Crippen LogP) is 2.96. The average molecular weight is 345 g/mol. The molecular formula is C14H8IN3. The van der Waals surface area contributed by atoms with Gasteiger partial charge in [-0.3, -0.25) is 0 Å². The Morgan fingerprint density at radius 3 is 2.83 bits per heavy atom. The SMILES string of the molecule is Ic1ccccc1C#Cc1ncnc2[nH]ccc12. The van der Waals surface area contributed by atoms with Crippen molar-refractivity contribution in [1.82, 2.24) is 15.0 Å². The number of halogens is 1. The summed E-state index contributed by atoms with van der Waals surface area (Å²) in [7, 11) is 0. The lowest BCUT2D eigenvalue weighted by Gasteiger charge is -1.94. The first kappa shape index (κ1) is 11.2. The van der Waals surface area contributed by atoms with Crippen molar-refractivity contribution in [1.29, 1.82) is 0 Å². The van der Waals surface area contributed by atoms with E-state index in [4.69, 9.17) is 0 Å². The maximum Gasteiger partial charge on any atom is 0.141 e. The molecule has 0 radical (unpaired) electrons. The smallest absolute Gasteiger partial charge is 0.141 e. The van der Waals surface area contributed by atoms with E-state index >= 15 is 0 Å². The number of benzene rings is 1. The normalized spacial score (nSPS) is 10.1. The molecule has 18 heavy (non-hydrogen) atoms. The number of aromatic amines is 1. The van der Waals surface area contributed by atoms with Crippen LogP contribution in [0.1, 0.15) is 11.3 Å². The fraction of sp³-hybridized carbons (Fsp3) is 0. The largest absolute Gasteiger partial charge is 0.346 e. The Balaban J connectivity index is 2.08. The van der Waals surface area contributed by atoms with E-state index < -0.39 is 0 Å². The van der Waals surface area contributed by atoms with Gasteiger partial charge in [-0.05, 0) is 46.7 Å². The van der Waals surface area contributed by atoms with Crippen LogP contribution in [0.25, 0.3) is 11.0 Å². The highest BCUT2D eigenvalue weighted by Gasteiger charge is 2.01. The molecule has 0 atom stereocenters. The average Bonchev–Trinajstić information content (AvgIpc) is 2.86. The number of nitrogens with zero attached hydrogens (tertiary/aromatic N) is 2. The van der Waals surface area contributed by atoms with E-state index in [0.29, 0.717) is 0 Å². The van der Waals surface area contributed by atoms with Crippen molar-refractivity contribution in [3.63, 3.8) is 0 Å². The van der Waals surface area contributed by atoms with Crippen LogP contribution in [0.3, 0.4) is 0 Å². The van der Waals surface area contributed by atoms with Gasteiger partial charge in [-0.1, -0.05) is 18.1 Å². The molecule has 0 saturated heterocycles. The molecule has 2 aromatic heterocycles. The third-order valence-corrected chi connectivity index (χ3v) is 3.48. The first-order valence-corrected chi connectivity index (χ1v) is 6.47. The predicted molar refractivity (Wildman–Crippen MR) is 79.0 cm³/mol. The van der Waals surface area contributed by atoms with E-state index in [-0.39, 0.29) is 0 Å². The van der Waals surface area contributed by atoms with Crippen molar-refractivity contribution < 1.29 is 0 Å². The van der Waals surface area contributed by atoms with E-state index in [1.165, 1.54) is 6.33 Å². The van der Waals surface area contributed by atoms with Gasteiger partial charge in [0.05, 0.1) is 5.39 Å². The number of H-pyrrole nitrogens is 1. The van der Waals surface area contributed by atoms with Crippen LogP contribution in [-0.4, -0.2) is 15.0 Å². The number of fused-ring (bicyclic) bond motifs is 1. The second-order valence-electron chi connectivity index (χ2n) is 3.69.